The molecule has 0 bridgehead atoms. The van der Waals surface area contributed by atoms with E-state index in [-0.39, 0.29) is 27.3 Å². The summed E-state index contributed by atoms with van der Waals surface area (Å²) in [6, 6.07) is 10.3. The summed E-state index contributed by atoms with van der Waals surface area (Å²) in [5, 5.41) is 0.479. The third-order valence-corrected chi connectivity index (χ3v) is 6.69. The van der Waals surface area contributed by atoms with Crippen molar-refractivity contribution in [2.24, 2.45) is 0 Å². The predicted octanol–water partition coefficient (Wildman–Crippen LogP) is 3.10. The van der Waals surface area contributed by atoms with Gasteiger partial charge in [-0.3, -0.25) is 14.3 Å². The second-order valence-electron chi connectivity index (χ2n) is 6.56. The smallest absolute Gasteiger partial charge is 0.263 e. The molecule has 0 saturated carbocycles. The summed E-state index contributed by atoms with van der Waals surface area (Å²) in [4.78, 5) is 27.3. The molecule has 0 radical (unpaired) electrons. The fourth-order valence-electron chi connectivity index (χ4n) is 2.98. The number of anilines is 1. The van der Waals surface area contributed by atoms with Gasteiger partial charge < -0.3 is 9.80 Å². The topological polar surface area (TPSA) is 86.8 Å². The van der Waals surface area contributed by atoms with E-state index in [1.807, 2.05) is 0 Å². The number of sulfonamides is 1. The summed E-state index contributed by atoms with van der Waals surface area (Å²) in [6.45, 7) is 3.13. The fourth-order valence-corrected chi connectivity index (χ4v) is 4.69. The summed E-state index contributed by atoms with van der Waals surface area (Å²) >= 11 is 11.9. The maximum absolute atomic E-state index is 12.8. The highest BCUT2D eigenvalue weighted by Crippen LogP contribution is 2.26. The molecule has 0 aromatic heterocycles. The molecule has 0 spiro atoms. The molecule has 2 amide bonds. The van der Waals surface area contributed by atoms with Crippen LogP contribution in [0.25, 0.3) is 0 Å². The summed E-state index contributed by atoms with van der Waals surface area (Å²) < 4.78 is 28.0. The Balaban J connectivity index is 1.81. The van der Waals surface area contributed by atoms with Crippen molar-refractivity contribution in [2.75, 3.05) is 30.9 Å². The van der Waals surface area contributed by atoms with E-state index in [1.54, 1.807) is 21.9 Å². The second kappa shape index (κ2) is 8.61. The van der Waals surface area contributed by atoms with Gasteiger partial charge in [-0.1, -0.05) is 23.2 Å². The average molecular weight is 456 g/mol. The standard InChI is InChI=1S/C19H19Cl2N3O4S/c1-13(25)23-8-10-24(11-9-23)19(26)14-2-7-17(21)18(12-14)29(27,28)22-16-5-3-15(20)4-6-16/h2-7,12,22H,8-11H2,1H3. The van der Waals surface area contributed by atoms with Crippen LogP contribution in [0.4, 0.5) is 5.69 Å². The first kappa shape index (κ1) is 21.4. The lowest BCUT2D eigenvalue weighted by molar-refractivity contribution is -0.130. The monoisotopic (exact) mass is 455 g/mol. The normalized spacial score (nSPS) is 14.6. The first-order valence-corrected chi connectivity index (χ1v) is 11.0. The molecule has 2 aromatic rings. The van der Waals surface area contributed by atoms with Crippen molar-refractivity contribution in [3.8, 4) is 0 Å². The highest BCUT2D eigenvalue weighted by atomic mass is 35.5. The van der Waals surface area contributed by atoms with Crippen molar-refractivity contribution < 1.29 is 18.0 Å². The Bertz CT molecular complexity index is 1030. The SMILES string of the molecule is CC(=O)N1CCN(C(=O)c2ccc(Cl)c(S(=O)(=O)Nc3ccc(Cl)cc3)c2)CC1. The van der Waals surface area contributed by atoms with E-state index in [2.05, 4.69) is 4.72 Å². The number of halogens is 2. The highest BCUT2D eigenvalue weighted by Gasteiger charge is 2.26. The average Bonchev–Trinajstić information content (AvgIpc) is 2.69. The summed E-state index contributed by atoms with van der Waals surface area (Å²) in [5.41, 5.74) is 0.532. The number of nitrogens with zero attached hydrogens (tertiary/aromatic N) is 2. The summed E-state index contributed by atoms with van der Waals surface area (Å²) in [5.74, 6) is -0.349. The molecular formula is C19H19Cl2N3O4S. The van der Waals surface area contributed by atoms with Crippen LogP contribution in [-0.4, -0.2) is 56.2 Å². The zero-order chi connectivity index (χ0) is 21.2. The van der Waals surface area contributed by atoms with Gasteiger partial charge in [-0.25, -0.2) is 8.42 Å². The lowest BCUT2D eigenvalue weighted by Crippen LogP contribution is -2.50. The molecule has 7 nitrogen and oxygen atoms in total. The largest absolute Gasteiger partial charge is 0.339 e. The van der Waals surface area contributed by atoms with E-state index in [0.717, 1.165) is 0 Å². The van der Waals surface area contributed by atoms with Gasteiger partial charge in [-0.2, -0.15) is 0 Å². The summed E-state index contributed by atoms with van der Waals surface area (Å²) in [6.07, 6.45) is 0. The lowest BCUT2D eigenvalue weighted by atomic mass is 10.2. The quantitative estimate of drug-likeness (QED) is 0.766. The van der Waals surface area contributed by atoms with Crippen molar-refractivity contribution in [1.82, 2.24) is 9.80 Å². The number of amides is 2. The number of rotatable bonds is 4. The van der Waals surface area contributed by atoms with Crippen LogP contribution in [0, 0.1) is 0 Å². The Labute approximate surface area is 179 Å². The van der Waals surface area contributed by atoms with Gasteiger partial charge in [0, 0.05) is 49.4 Å². The molecule has 1 heterocycles. The first-order valence-electron chi connectivity index (χ1n) is 8.80. The molecule has 1 N–H and O–H groups in total. The minimum Gasteiger partial charge on any atom is -0.339 e. The lowest BCUT2D eigenvalue weighted by Gasteiger charge is -2.34. The molecule has 154 valence electrons. The molecule has 10 heteroatoms. The number of piperazine rings is 1. The van der Waals surface area contributed by atoms with Gasteiger partial charge in [0.05, 0.1) is 5.02 Å². The third-order valence-electron chi connectivity index (χ3n) is 4.58. The van der Waals surface area contributed by atoms with Crippen molar-refractivity contribution >= 4 is 50.7 Å². The number of hydrogen-bond acceptors (Lipinski definition) is 4. The van der Waals surface area contributed by atoms with Gasteiger partial charge in [-0.05, 0) is 42.5 Å². The Morgan fingerprint density at radius 3 is 2.10 bits per heavy atom. The third kappa shape index (κ3) is 5.01. The van der Waals surface area contributed by atoms with Crippen molar-refractivity contribution in [1.29, 1.82) is 0 Å². The Kier molecular flexibility index (Phi) is 6.36. The van der Waals surface area contributed by atoms with Crippen LogP contribution >= 0.6 is 23.2 Å². The van der Waals surface area contributed by atoms with E-state index >= 15 is 0 Å². The van der Waals surface area contributed by atoms with Crippen LogP contribution in [0.2, 0.25) is 10.0 Å². The van der Waals surface area contributed by atoms with E-state index in [4.69, 9.17) is 23.2 Å². The van der Waals surface area contributed by atoms with Gasteiger partial charge in [0.15, 0.2) is 0 Å². The van der Waals surface area contributed by atoms with Crippen molar-refractivity contribution in [3.05, 3.63) is 58.1 Å². The van der Waals surface area contributed by atoms with Crippen molar-refractivity contribution in [2.45, 2.75) is 11.8 Å². The number of carbonyl (C=O) groups is 2. The number of carbonyl (C=O) groups excluding carboxylic acids is 2. The molecule has 0 atom stereocenters. The zero-order valence-corrected chi connectivity index (χ0v) is 17.9. The number of hydrogen-bond donors (Lipinski definition) is 1. The van der Waals surface area contributed by atoms with Crippen LogP contribution in [0.5, 0.6) is 0 Å². The highest BCUT2D eigenvalue weighted by molar-refractivity contribution is 7.92. The predicted molar refractivity (Wildman–Crippen MR) is 112 cm³/mol. The molecule has 1 fully saturated rings. The molecule has 2 aromatic carbocycles. The van der Waals surface area contributed by atoms with Crippen LogP contribution < -0.4 is 4.72 Å². The summed E-state index contributed by atoms with van der Waals surface area (Å²) in [7, 11) is -4.01. The van der Waals surface area contributed by atoms with E-state index in [0.29, 0.717) is 36.9 Å². The Morgan fingerprint density at radius 2 is 1.52 bits per heavy atom. The van der Waals surface area contributed by atoms with Crippen LogP contribution in [-0.2, 0) is 14.8 Å². The molecule has 1 saturated heterocycles. The molecular weight excluding hydrogens is 437 g/mol. The second-order valence-corrected chi connectivity index (χ2v) is 9.05. The molecule has 1 aliphatic rings. The van der Waals surface area contributed by atoms with E-state index in [9.17, 15) is 18.0 Å². The fraction of sp³-hybridized carbons (Fsp3) is 0.263. The minimum absolute atomic E-state index is 0.00409. The minimum atomic E-state index is -4.01. The van der Waals surface area contributed by atoms with Gasteiger partial charge in [0.25, 0.3) is 15.9 Å². The van der Waals surface area contributed by atoms with Gasteiger partial charge in [-0.15, -0.1) is 0 Å². The maximum Gasteiger partial charge on any atom is 0.263 e. The van der Waals surface area contributed by atoms with Gasteiger partial charge in [0.2, 0.25) is 5.91 Å². The zero-order valence-electron chi connectivity index (χ0n) is 15.6. The van der Waals surface area contributed by atoms with Crippen LogP contribution in [0.1, 0.15) is 17.3 Å². The molecule has 3 rings (SSSR count). The molecule has 0 unspecified atom stereocenters. The molecule has 1 aliphatic heterocycles. The maximum atomic E-state index is 12.8. The first-order chi connectivity index (χ1) is 13.7. The van der Waals surface area contributed by atoms with Crippen molar-refractivity contribution in [3.63, 3.8) is 0 Å². The number of benzene rings is 2. The Hall–Kier alpha value is -2.29. The van der Waals surface area contributed by atoms with Gasteiger partial charge >= 0.3 is 0 Å². The van der Waals surface area contributed by atoms with Crippen LogP contribution in [0.15, 0.2) is 47.4 Å². The number of nitrogens with one attached hydrogen (secondary N) is 1. The van der Waals surface area contributed by atoms with E-state index in [1.165, 1.54) is 37.3 Å². The molecule has 29 heavy (non-hydrogen) atoms. The van der Waals surface area contributed by atoms with Crippen LogP contribution in [0.3, 0.4) is 0 Å². The van der Waals surface area contributed by atoms with E-state index < -0.39 is 10.0 Å². The Morgan fingerprint density at radius 1 is 0.931 bits per heavy atom. The molecule has 0 aliphatic carbocycles. The van der Waals surface area contributed by atoms with Gasteiger partial charge in [0.1, 0.15) is 4.90 Å².